The van der Waals surface area contributed by atoms with Gasteiger partial charge < -0.3 is 15.4 Å². The lowest BCUT2D eigenvalue weighted by molar-refractivity contribution is 0.0931. The number of aliphatic hydroxyl groups excluding tert-OH is 1. The van der Waals surface area contributed by atoms with E-state index in [-0.39, 0.29) is 18.6 Å². The molecule has 3 rings (SSSR count). The number of nitrogens with one attached hydrogen (secondary N) is 2. The predicted octanol–water partition coefficient (Wildman–Crippen LogP) is 2.11. The number of hydrogen-bond acceptors (Lipinski definition) is 5. The summed E-state index contributed by atoms with van der Waals surface area (Å²) in [4.78, 5) is 18.8. The number of carbonyl (C=O) groups is 1. The lowest BCUT2D eigenvalue weighted by atomic mass is 10.1. The normalized spacial score (nSPS) is 11.8. The van der Waals surface area contributed by atoms with Crippen LogP contribution in [0, 0.1) is 11.3 Å². The molecule has 0 aliphatic rings. The van der Waals surface area contributed by atoms with Gasteiger partial charge in [-0.2, -0.15) is 10.4 Å². The van der Waals surface area contributed by atoms with E-state index in [1.807, 2.05) is 25.3 Å². The maximum Gasteiger partial charge on any atom is 0.269 e. The van der Waals surface area contributed by atoms with Crippen LogP contribution in [0.4, 0.5) is 0 Å². The molecule has 2 aromatic heterocycles. The number of aromatic nitrogens is 4. The number of H-pyrrole nitrogens is 1. The standard InChI is InChI=1S/C18H17ClN6O2/c1-11(22-18(27)16-8-21-17(10-26)23-16)9-25-5-4-15(24-25)12-2-3-13(7-20)14(19)6-12/h2-6,8,11,26H,9-10H2,1H3,(H,21,23)(H,22,27)/t11-/m0/s1. The van der Waals surface area contributed by atoms with E-state index in [2.05, 4.69) is 20.4 Å². The lowest BCUT2D eigenvalue weighted by Crippen LogP contribution is -2.36. The van der Waals surface area contributed by atoms with E-state index >= 15 is 0 Å². The van der Waals surface area contributed by atoms with Gasteiger partial charge in [0.1, 0.15) is 24.2 Å². The molecule has 138 valence electrons. The molecule has 3 N–H and O–H groups in total. The fraction of sp³-hybridized carbons (Fsp3) is 0.222. The number of hydrogen-bond donors (Lipinski definition) is 3. The molecule has 0 saturated carbocycles. The van der Waals surface area contributed by atoms with Gasteiger partial charge in [0.2, 0.25) is 0 Å². The van der Waals surface area contributed by atoms with Crippen molar-refractivity contribution < 1.29 is 9.90 Å². The molecule has 0 saturated heterocycles. The first-order valence-electron chi connectivity index (χ1n) is 8.19. The number of amides is 1. The van der Waals surface area contributed by atoms with Crippen LogP contribution < -0.4 is 5.32 Å². The zero-order valence-corrected chi connectivity index (χ0v) is 15.2. The van der Waals surface area contributed by atoms with E-state index < -0.39 is 0 Å². The predicted molar refractivity (Wildman–Crippen MR) is 98.8 cm³/mol. The largest absolute Gasteiger partial charge is 0.388 e. The van der Waals surface area contributed by atoms with Crippen LogP contribution in [0.1, 0.15) is 28.8 Å². The van der Waals surface area contributed by atoms with Crippen molar-refractivity contribution in [2.24, 2.45) is 0 Å². The number of aliphatic hydroxyl groups is 1. The molecule has 8 nitrogen and oxygen atoms in total. The lowest BCUT2D eigenvalue weighted by Gasteiger charge is -2.13. The molecule has 27 heavy (non-hydrogen) atoms. The summed E-state index contributed by atoms with van der Waals surface area (Å²) < 4.78 is 1.72. The van der Waals surface area contributed by atoms with Crippen molar-refractivity contribution in [3.8, 4) is 17.3 Å². The van der Waals surface area contributed by atoms with Gasteiger partial charge in [0.25, 0.3) is 5.91 Å². The van der Waals surface area contributed by atoms with Crippen molar-refractivity contribution in [3.63, 3.8) is 0 Å². The van der Waals surface area contributed by atoms with Gasteiger partial charge in [0, 0.05) is 17.8 Å². The van der Waals surface area contributed by atoms with Crippen molar-refractivity contribution in [3.05, 3.63) is 58.8 Å². The molecular weight excluding hydrogens is 368 g/mol. The summed E-state index contributed by atoms with van der Waals surface area (Å²) in [6.45, 7) is 2.08. The van der Waals surface area contributed by atoms with Crippen LogP contribution in [0.15, 0.2) is 36.7 Å². The van der Waals surface area contributed by atoms with Gasteiger partial charge in [-0.25, -0.2) is 4.98 Å². The minimum atomic E-state index is -0.305. The summed E-state index contributed by atoms with van der Waals surface area (Å²) in [5.74, 6) is 0.0338. The molecular formula is C18H17ClN6O2. The van der Waals surface area contributed by atoms with Crippen LogP contribution in [0.3, 0.4) is 0 Å². The van der Waals surface area contributed by atoms with Gasteiger partial charge in [0.05, 0.1) is 29.0 Å². The Labute approximate surface area is 160 Å². The van der Waals surface area contributed by atoms with E-state index in [1.165, 1.54) is 6.20 Å². The molecule has 0 unspecified atom stereocenters. The van der Waals surface area contributed by atoms with Crippen molar-refractivity contribution in [2.75, 3.05) is 0 Å². The molecule has 0 aliphatic carbocycles. The Morgan fingerprint density at radius 2 is 2.30 bits per heavy atom. The molecule has 9 heteroatoms. The van der Waals surface area contributed by atoms with Gasteiger partial charge in [-0.3, -0.25) is 9.48 Å². The maximum atomic E-state index is 12.2. The van der Waals surface area contributed by atoms with Gasteiger partial charge >= 0.3 is 0 Å². The Kier molecular flexibility index (Phi) is 5.54. The van der Waals surface area contributed by atoms with Crippen molar-refractivity contribution >= 4 is 17.5 Å². The van der Waals surface area contributed by atoms with Crippen LogP contribution in [0.25, 0.3) is 11.3 Å². The van der Waals surface area contributed by atoms with Crippen LogP contribution in [-0.4, -0.2) is 36.8 Å². The Bertz CT molecular complexity index is 1000. The highest BCUT2D eigenvalue weighted by Crippen LogP contribution is 2.24. The van der Waals surface area contributed by atoms with Crippen LogP contribution >= 0.6 is 11.6 Å². The molecule has 3 aromatic rings. The van der Waals surface area contributed by atoms with Crippen molar-refractivity contribution in [1.82, 2.24) is 25.1 Å². The molecule has 0 radical (unpaired) electrons. The van der Waals surface area contributed by atoms with E-state index in [9.17, 15) is 4.79 Å². The first kappa shape index (κ1) is 18.6. The number of rotatable bonds is 6. The number of nitrogens with zero attached hydrogens (tertiary/aromatic N) is 4. The Morgan fingerprint density at radius 1 is 1.48 bits per heavy atom. The van der Waals surface area contributed by atoms with Gasteiger partial charge in [-0.15, -0.1) is 0 Å². The summed E-state index contributed by atoms with van der Waals surface area (Å²) in [6.07, 6.45) is 3.19. The van der Waals surface area contributed by atoms with Crippen LogP contribution in [0.5, 0.6) is 0 Å². The number of nitriles is 1. The monoisotopic (exact) mass is 384 g/mol. The van der Waals surface area contributed by atoms with E-state index in [4.69, 9.17) is 22.0 Å². The maximum absolute atomic E-state index is 12.2. The zero-order valence-electron chi connectivity index (χ0n) is 14.5. The summed E-state index contributed by atoms with van der Waals surface area (Å²) >= 11 is 6.07. The number of imidazole rings is 1. The molecule has 0 bridgehead atoms. The first-order valence-corrected chi connectivity index (χ1v) is 8.57. The fourth-order valence-corrected chi connectivity index (χ4v) is 2.79. The summed E-state index contributed by atoms with van der Waals surface area (Å²) in [6, 6.07) is 8.83. The molecule has 0 fully saturated rings. The Hall–Kier alpha value is -3.15. The third kappa shape index (κ3) is 4.34. The third-order valence-corrected chi connectivity index (χ3v) is 4.20. The van der Waals surface area contributed by atoms with Crippen molar-refractivity contribution in [1.29, 1.82) is 5.26 Å². The minimum Gasteiger partial charge on any atom is -0.388 e. The molecule has 0 aliphatic heterocycles. The Morgan fingerprint density at radius 3 is 2.96 bits per heavy atom. The Balaban J connectivity index is 1.64. The van der Waals surface area contributed by atoms with Crippen LogP contribution in [-0.2, 0) is 13.2 Å². The number of halogens is 1. The second kappa shape index (κ2) is 8.03. The summed E-state index contributed by atoms with van der Waals surface area (Å²) in [5, 5.41) is 25.6. The first-order chi connectivity index (χ1) is 13.0. The second-order valence-electron chi connectivity index (χ2n) is 6.01. The topological polar surface area (TPSA) is 120 Å². The van der Waals surface area contributed by atoms with E-state index in [0.717, 1.165) is 11.3 Å². The summed E-state index contributed by atoms with van der Waals surface area (Å²) in [5.41, 5.74) is 2.24. The number of benzene rings is 1. The number of aromatic amines is 1. The average molecular weight is 385 g/mol. The van der Waals surface area contributed by atoms with E-state index in [1.54, 1.807) is 22.9 Å². The third-order valence-electron chi connectivity index (χ3n) is 3.89. The minimum absolute atomic E-state index is 0.185. The molecule has 1 amide bonds. The highest BCUT2D eigenvalue weighted by atomic mass is 35.5. The molecule has 2 heterocycles. The molecule has 0 spiro atoms. The van der Waals surface area contributed by atoms with Gasteiger partial charge in [-0.05, 0) is 25.1 Å². The smallest absolute Gasteiger partial charge is 0.269 e. The van der Waals surface area contributed by atoms with Gasteiger partial charge in [0.15, 0.2) is 0 Å². The number of carbonyl (C=O) groups excluding carboxylic acids is 1. The average Bonchev–Trinajstić information content (AvgIpc) is 3.30. The van der Waals surface area contributed by atoms with Crippen molar-refractivity contribution in [2.45, 2.75) is 26.1 Å². The second-order valence-corrected chi connectivity index (χ2v) is 6.41. The van der Waals surface area contributed by atoms with E-state index in [0.29, 0.717) is 28.6 Å². The van der Waals surface area contributed by atoms with Gasteiger partial charge in [-0.1, -0.05) is 17.7 Å². The SMILES string of the molecule is C[C@@H](Cn1ccc(-c2ccc(C#N)c(Cl)c2)n1)NC(=O)c1cnc(CO)[nH]1. The quantitative estimate of drug-likeness (QED) is 0.601. The zero-order chi connectivity index (χ0) is 19.4. The summed E-state index contributed by atoms with van der Waals surface area (Å²) in [7, 11) is 0. The van der Waals surface area contributed by atoms with Crippen LogP contribution in [0.2, 0.25) is 5.02 Å². The highest BCUT2D eigenvalue weighted by Gasteiger charge is 2.14. The molecule has 1 atom stereocenters. The molecule has 1 aromatic carbocycles. The highest BCUT2D eigenvalue weighted by molar-refractivity contribution is 6.32. The fourth-order valence-electron chi connectivity index (χ4n) is 2.57.